The number of hydrogen-bond donors (Lipinski definition) is 2. The predicted molar refractivity (Wildman–Crippen MR) is 114 cm³/mol. The molecule has 0 saturated heterocycles. The van der Waals surface area contributed by atoms with Gasteiger partial charge in [-0.05, 0) is 56.7 Å². The third-order valence-electron chi connectivity index (χ3n) is 3.98. The molecule has 1 heterocycles. The van der Waals surface area contributed by atoms with Gasteiger partial charge in [0.25, 0.3) is 5.91 Å². The van der Waals surface area contributed by atoms with E-state index >= 15 is 0 Å². The number of amides is 1. The van der Waals surface area contributed by atoms with E-state index in [4.69, 9.17) is 16.3 Å². The van der Waals surface area contributed by atoms with E-state index in [9.17, 15) is 4.79 Å². The molecule has 144 valence electrons. The number of ether oxygens (including phenoxy) is 1. The number of carbonyl (C=O) groups is 1. The molecule has 1 amide bonds. The summed E-state index contributed by atoms with van der Waals surface area (Å²) in [6.07, 6.45) is 3.24. The first kappa shape index (κ1) is 19.7. The van der Waals surface area contributed by atoms with Crippen LogP contribution < -0.4 is 15.4 Å². The number of benzene rings is 2. The maximum absolute atomic E-state index is 12.6. The lowest BCUT2D eigenvalue weighted by molar-refractivity contribution is 0.102. The quantitative estimate of drug-likeness (QED) is 0.551. The Morgan fingerprint density at radius 2 is 1.86 bits per heavy atom. The van der Waals surface area contributed by atoms with E-state index in [1.165, 1.54) is 6.20 Å². The molecule has 0 bridgehead atoms. The fourth-order valence-electron chi connectivity index (χ4n) is 2.64. The van der Waals surface area contributed by atoms with Crippen LogP contribution in [-0.2, 0) is 0 Å². The Balaban J connectivity index is 1.79. The van der Waals surface area contributed by atoms with Crippen LogP contribution in [0, 0.1) is 6.92 Å². The van der Waals surface area contributed by atoms with E-state index in [1.54, 1.807) is 24.4 Å². The number of aromatic nitrogens is 1. The Kier molecular flexibility index (Phi) is 6.16. The van der Waals surface area contributed by atoms with Gasteiger partial charge < -0.3 is 15.4 Å². The first-order valence-corrected chi connectivity index (χ1v) is 9.35. The Labute approximate surface area is 169 Å². The fourth-order valence-corrected chi connectivity index (χ4v) is 2.81. The van der Waals surface area contributed by atoms with Gasteiger partial charge in [0.2, 0.25) is 0 Å². The molecule has 0 aliphatic rings. The second-order valence-electron chi connectivity index (χ2n) is 6.66. The summed E-state index contributed by atoms with van der Waals surface area (Å²) in [5.74, 6) is 0.482. The van der Waals surface area contributed by atoms with Crippen LogP contribution in [-0.4, -0.2) is 17.0 Å². The molecular formula is C22H22ClN3O2. The van der Waals surface area contributed by atoms with Crippen LogP contribution in [0.5, 0.6) is 5.75 Å². The van der Waals surface area contributed by atoms with Gasteiger partial charge in [-0.3, -0.25) is 9.78 Å². The molecule has 0 atom stereocenters. The van der Waals surface area contributed by atoms with Crippen molar-refractivity contribution in [1.82, 2.24) is 4.98 Å². The number of nitrogens with zero attached hydrogens (tertiary/aromatic N) is 1. The SMILES string of the molecule is Cc1ccc(Cl)cc1NC(=O)c1cncc(Nc2ccccc2OC(C)C)c1. The van der Waals surface area contributed by atoms with Gasteiger partial charge in [0.05, 0.1) is 29.2 Å². The summed E-state index contributed by atoms with van der Waals surface area (Å²) in [6, 6.07) is 14.8. The average molecular weight is 396 g/mol. The molecular weight excluding hydrogens is 374 g/mol. The molecule has 2 aromatic carbocycles. The lowest BCUT2D eigenvalue weighted by Crippen LogP contribution is -2.13. The lowest BCUT2D eigenvalue weighted by Gasteiger charge is -2.15. The van der Waals surface area contributed by atoms with Crippen LogP contribution >= 0.6 is 11.6 Å². The van der Waals surface area contributed by atoms with Crippen LogP contribution in [0.1, 0.15) is 29.8 Å². The van der Waals surface area contributed by atoms with Crippen molar-refractivity contribution in [3.63, 3.8) is 0 Å². The maximum Gasteiger partial charge on any atom is 0.257 e. The third kappa shape index (κ3) is 5.02. The second kappa shape index (κ2) is 8.76. The monoisotopic (exact) mass is 395 g/mol. The first-order chi connectivity index (χ1) is 13.4. The Morgan fingerprint density at radius 3 is 2.64 bits per heavy atom. The number of pyridine rings is 1. The molecule has 0 spiro atoms. The molecule has 0 fully saturated rings. The maximum atomic E-state index is 12.6. The van der Waals surface area contributed by atoms with Crippen LogP contribution in [0.25, 0.3) is 0 Å². The number of anilines is 3. The van der Waals surface area contributed by atoms with E-state index in [1.807, 2.05) is 51.1 Å². The zero-order valence-corrected chi connectivity index (χ0v) is 16.7. The molecule has 28 heavy (non-hydrogen) atoms. The highest BCUT2D eigenvalue weighted by molar-refractivity contribution is 6.31. The van der Waals surface area contributed by atoms with Crippen LogP contribution in [0.4, 0.5) is 17.1 Å². The normalized spacial score (nSPS) is 10.6. The molecule has 0 aliphatic heterocycles. The van der Waals surface area contributed by atoms with Crippen molar-refractivity contribution >= 4 is 34.6 Å². The van der Waals surface area contributed by atoms with Crippen molar-refractivity contribution < 1.29 is 9.53 Å². The van der Waals surface area contributed by atoms with Gasteiger partial charge in [-0.1, -0.05) is 29.8 Å². The first-order valence-electron chi connectivity index (χ1n) is 8.97. The Bertz CT molecular complexity index is 989. The van der Waals surface area contributed by atoms with Crippen molar-refractivity contribution in [2.75, 3.05) is 10.6 Å². The molecule has 0 unspecified atom stereocenters. The minimum Gasteiger partial charge on any atom is -0.489 e. The van der Waals surface area contributed by atoms with Crippen LogP contribution in [0.3, 0.4) is 0 Å². The summed E-state index contributed by atoms with van der Waals surface area (Å²) < 4.78 is 5.82. The van der Waals surface area contributed by atoms with Crippen molar-refractivity contribution in [3.8, 4) is 5.75 Å². The topological polar surface area (TPSA) is 63.2 Å². The predicted octanol–water partition coefficient (Wildman–Crippen LogP) is 5.83. The average Bonchev–Trinajstić information content (AvgIpc) is 2.66. The Hall–Kier alpha value is -3.05. The van der Waals surface area contributed by atoms with Crippen molar-refractivity contribution in [3.05, 3.63) is 77.1 Å². The number of rotatable bonds is 6. The smallest absolute Gasteiger partial charge is 0.257 e. The molecule has 6 heteroatoms. The number of halogens is 1. The number of nitrogens with one attached hydrogen (secondary N) is 2. The van der Waals surface area contributed by atoms with E-state index in [0.29, 0.717) is 22.0 Å². The highest BCUT2D eigenvalue weighted by Gasteiger charge is 2.11. The zero-order valence-electron chi connectivity index (χ0n) is 16.0. The van der Waals surface area contributed by atoms with E-state index < -0.39 is 0 Å². The summed E-state index contributed by atoms with van der Waals surface area (Å²) in [5, 5.41) is 6.71. The zero-order chi connectivity index (χ0) is 20.1. The Morgan fingerprint density at radius 1 is 1.07 bits per heavy atom. The standard InChI is InChI=1S/C22H22ClN3O2/c1-14(2)28-21-7-5-4-6-19(21)25-18-10-16(12-24-13-18)22(27)26-20-11-17(23)9-8-15(20)3/h4-14,25H,1-3H3,(H,26,27). The second-order valence-corrected chi connectivity index (χ2v) is 7.10. The highest BCUT2D eigenvalue weighted by Crippen LogP contribution is 2.28. The molecule has 2 N–H and O–H groups in total. The fraction of sp³-hybridized carbons (Fsp3) is 0.182. The lowest BCUT2D eigenvalue weighted by atomic mass is 10.2. The largest absolute Gasteiger partial charge is 0.489 e. The van der Waals surface area contributed by atoms with Gasteiger partial charge in [-0.15, -0.1) is 0 Å². The van der Waals surface area contributed by atoms with Gasteiger partial charge in [0, 0.05) is 16.9 Å². The van der Waals surface area contributed by atoms with Gasteiger partial charge in [-0.25, -0.2) is 0 Å². The summed E-state index contributed by atoms with van der Waals surface area (Å²) in [4.78, 5) is 16.8. The molecule has 1 aromatic heterocycles. The summed E-state index contributed by atoms with van der Waals surface area (Å²) in [6.45, 7) is 5.86. The van der Waals surface area contributed by atoms with Crippen molar-refractivity contribution in [2.45, 2.75) is 26.9 Å². The van der Waals surface area contributed by atoms with Crippen molar-refractivity contribution in [1.29, 1.82) is 0 Å². The summed E-state index contributed by atoms with van der Waals surface area (Å²) in [5.41, 5.74) is 3.54. The van der Waals surface area contributed by atoms with E-state index in [-0.39, 0.29) is 12.0 Å². The van der Waals surface area contributed by atoms with Crippen molar-refractivity contribution in [2.24, 2.45) is 0 Å². The molecule has 0 radical (unpaired) electrons. The molecule has 3 aromatic rings. The molecule has 5 nitrogen and oxygen atoms in total. The number of aryl methyl sites for hydroxylation is 1. The van der Waals surface area contributed by atoms with Crippen LogP contribution in [0.2, 0.25) is 5.02 Å². The highest BCUT2D eigenvalue weighted by atomic mass is 35.5. The third-order valence-corrected chi connectivity index (χ3v) is 4.21. The van der Waals surface area contributed by atoms with E-state index in [0.717, 1.165) is 17.0 Å². The number of hydrogen-bond acceptors (Lipinski definition) is 4. The number of carbonyl (C=O) groups excluding carboxylic acids is 1. The number of para-hydroxylation sites is 2. The summed E-state index contributed by atoms with van der Waals surface area (Å²) in [7, 11) is 0. The van der Waals surface area contributed by atoms with E-state index in [2.05, 4.69) is 15.6 Å². The van der Waals surface area contributed by atoms with Gasteiger partial charge >= 0.3 is 0 Å². The van der Waals surface area contributed by atoms with Gasteiger partial charge in [0.1, 0.15) is 5.75 Å². The molecule has 0 saturated carbocycles. The summed E-state index contributed by atoms with van der Waals surface area (Å²) >= 11 is 6.03. The minimum absolute atomic E-state index is 0.0547. The van der Waals surface area contributed by atoms with Crippen LogP contribution in [0.15, 0.2) is 60.9 Å². The van der Waals surface area contributed by atoms with Gasteiger partial charge in [0.15, 0.2) is 0 Å². The molecule has 3 rings (SSSR count). The minimum atomic E-state index is -0.256. The molecule has 0 aliphatic carbocycles. The van der Waals surface area contributed by atoms with Gasteiger partial charge in [-0.2, -0.15) is 0 Å².